The predicted octanol–water partition coefficient (Wildman–Crippen LogP) is 5.08. The molecular formula is C18H16Br2O2. The quantitative estimate of drug-likeness (QED) is 0.600. The van der Waals surface area contributed by atoms with E-state index in [4.69, 9.17) is 0 Å². The zero-order valence-electron chi connectivity index (χ0n) is 12.2. The number of Topliss-reactive ketones (excluding diaryl/α,β-unsaturated/α-hetero) is 1. The third kappa shape index (κ3) is 1.80. The highest BCUT2D eigenvalue weighted by Gasteiger charge is 2.53. The summed E-state index contributed by atoms with van der Waals surface area (Å²) in [6.07, 6.45) is 2.71. The van der Waals surface area contributed by atoms with Gasteiger partial charge in [-0.25, -0.2) is 0 Å². The number of hydrogen-bond acceptors (Lipinski definition) is 2. The maximum Gasteiger partial charge on any atom is 0.152 e. The normalized spacial score (nSPS) is 30.4. The van der Waals surface area contributed by atoms with Gasteiger partial charge in [0.25, 0.3) is 0 Å². The van der Waals surface area contributed by atoms with Crippen LogP contribution >= 0.6 is 31.9 Å². The number of rotatable bonds is 0. The predicted molar refractivity (Wildman–Crippen MR) is 94.8 cm³/mol. The van der Waals surface area contributed by atoms with Crippen molar-refractivity contribution in [2.24, 2.45) is 5.41 Å². The molecule has 3 atom stereocenters. The molecular weight excluding hydrogens is 408 g/mol. The van der Waals surface area contributed by atoms with E-state index in [0.29, 0.717) is 11.7 Å². The number of hydrogen-bond donors (Lipinski definition) is 1. The highest BCUT2D eigenvalue weighted by molar-refractivity contribution is 9.10. The monoisotopic (exact) mass is 422 g/mol. The molecule has 0 amide bonds. The minimum absolute atomic E-state index is 0.0179. The second kappa shape index (κ2) is 4.81. The number of phenols is 1. The van der Waals surface area contributed by atoms with Gasteiger partial charge in [0, 0.05) is 5.41 Å². The number of carbonyl (C=O) groups is 1. The molecule has 1 N–H and O–H groups in total. The first kappa shape index (κ1) is 14.7. The van der Waals surface area contributed by atoms with Crippen LogP contribution in [0.25, 0.3) is 10.8 Å². The Labute approximate surface area is 146 Å². The number of halogens is 2. The van der Waals surface area contributed by atoms with Gasteiger partial charge in [-0.3, -0.25) is 4.79 Å². The Morgan fingerprint density at radius 3 is 2.73 bits per heavy atom. The SMILES string of the molecule is C[C@]12CCc3c(ccc4c(Br)c(O)ccc34)[C@@H]1C[C@H](Br)C2=O. The molecule has 4 heteroatoms. The Morgan fingerprint density at radius 1 is 1.23 bits per heavy atom. The van der Waals surface area contributed by atoms with Crippen molar-refractivity contribution in [1.82, 2.24) is 0 Å². The fraction of sp³-hybridized carbons (Fsp3) is 0.389. The lowest BCUT2D eigenvalue weighted by atomic mass is 9.66. The molecule has 0 bridgehead atoms. The van der Waals surface area contributed by atoms with Gasteiger partial charge in [0.05, 0.1) is 9.30 Å². The van der Waals surface area contributed by atoms with Gasteiger partial charge in [0.1, 0.15) is 5.75 Å². The fourth-order valence-corrected chi connectivity index (χ4v) is 5.67. The summed E-state index contributed by atoms with van der Waals surface area (Å²) in [6.45, 7) is 2.13. The number of aryl methyl sites for hydroxylation is 1. The van der Waals surface area contributed by atoms with Crippen LogP contribution in [0.4, 0.5) is 0 Å². The standard InChI is InChI=1S/C18H16Br2O2/c1-18-7-6-10-9-4-5-15(21)16(20)12(9)3-2-11(10)13(18)8-14(19)17(18)22/h2-5,13-14,21H,6-8H2,1H3/t13-,14-,18-/m0/s1. The van der Waals surface area contributed by atoms with Gasteiger partial charge < -0.3 is 5.11 Å². The van der Waals surface area contributed by atoms with Crippen molar-refractivity contribution in [1.29, 1.82) is 0 Å². The van der Waals surface area contributed by atoms with E-state index in [9.17, 15) is 9.90 Å². The topological polar surface area (TPSA) is 37.3 Å². The third-order valence-electron chi connectivity index (χ3n) is 5.59. The van der Waals surface area contributed by atoms with Crippen molar-refractivity contribution in [3.63, 3.8) is 0 Å². The average Bonchev–Trinajstić information content (AvgIpc) is 2.74. The first-order valence-electron chi connectivity index (χ1n) is 7.55. The van der Waals surface area contributed by atoms with Gasteiger partial charge in [-0.2, -0.15) is 0 Å². The van der Waals surface area contributed by atoms with Crippen LogP contribution in [-0.2, 0) is 11.2 Å². The van der Waals surface area contributed by atoms with Crippen LogP contribution in [0, 0.1) is 5.41 Å². The number of ketones is 1. The highest BCUT2D eigenvalue weighted by Crippen LogP contribution is 2.56. The van der Waals surface area contributed by atoms with Crippen LogP contribution in [0.2, 0.25) is 0 Å². The molecule has 1 saturated carbocycles. The Morgan fingerprint density at radius 2 is 1.95 bits per heavy atom. The van der Waals surface area contributed by atoms with Crippen LogP contribution in [0.3, 0.4) is 0 Å². The molecule has 114 valence electrons. The second-order valence-electron chi connectivity index (χ2n) is 6.66. The number of alkyl halides is 1. The number of benzene rings is 2. The molecule has 0 spiro atoms. The minimum atomic E-state index is -0.233. The van der Waals surface area contributed by atoms with Gasteiger partial charge >= 0.3 is 0 Å². The lowest BCUT2D eigenvalue weighted by molar-refractivity contribution is -0.125. The maximum atomic E-state index is 12.5. The Bertz CT molecular complexity index is 814. The smallest absolute Gasteiger partial charge is 0.152 e. The van der Waals surface area contributed by atoms with Crippen LogP contribution in [0.1, 0.15) is 36.8 Å². The summed E-state index contributed by atoms with van der Waals surface area (Å²) in [6, 6.07) is 7.96. The number of aromatic hydroxyl groups is 1. The van der Waals surface area contributed by atoms with Crippen molar-refractivity contribution in [2.75, 3.05) is 0 Å². The molecule has 0 unspecified atom stereocenters. The molecule has 0 aromatic heterocycles. The van der Waals surface area contributed by atoms with Crippen molar-refractivity contribution in [3.05, 3.63) is 39.9 Å². The van der Waals surface area contributed by atoms with E-state index in [2.05, 4.69) is 50.9 Å². The zero-order valence-corrected chi connectivity index (χ0v) is 15.4. The Hall–Kier alpha value is -0.870. The van der Waals surface area contributed by atoms with Crippen molar-refractivity contribution < 1.29 is 9.90 Å². The van der Waals surface area contributed by atoms with E-state index in [1.807, 2.05) is 6.07 Å². The highest BCUT2D eigenvalue weighted by atomic mass is 79.9. The largest absolute Gasteiger partial charge is 0.507 e. The van der Waals surface area contributed by atoms with Crippen LogP contribution in [-0.4, -0.2) is 15.7 Å². The Balaban J connectivity index is 1.96. The van der Waals surface area contributed by atoms with Crippen molar-refractivity contribution in [2.45, 2.75) is 36.9 Å². The first-order chi connectivity index (χ1) is 10.4. The van der Waals surface area contributed by atoms with Crippen molar-refractivity contribution in [3.8, 4) is 5.75 Å². The van der Waals surface area contributed by atoms with Crippen molar-refractivity contribution >= 4 is 48.4 Å². The van der Waals surface area contributed by atoms with E-state index in [0.717, 1.165) is 29.1 Å². The van der Waals surface area contributed by atoms with Gasteiger partial charge in [0.2, 0.25) is 0 Å². The van der Waals surface area contributed by atoms with Crippen LogP contribution in [0.15, 0.2) is 28.7 Å². The molecule has 0 heterocycles. The molecule has 0 radical (unpaired) electrons. The lowest BCUT2D eigenvalue weighted by Gasteiger charge is -2.37. The fourth-order valence-electron chi connectivity index (χ4n) is 4.30. The molecule has 2 aliphatic rings. The molecule has 0 saturated heterocycles. The Kier molecular flexibility index (Phi) is 3.22. The van der Waals surface area contributed by atoms with Crippen LogP contribution < -0.4 is 0 Å². The minimum Gasteiger partial charge on any atom is -0.507 e. The maximum absolute atomic E-state index is 12.5. The van der Waals surface area contributed by atoms with E-state index in [-0.39, 0.29) is 16.0 Å². The summed E-state index contributed by atoms with van der Waals surface area (Å²) in [7, 11) is 0. The molecule has 4 rings (SSSR count). The van der Waals surface area contributed by atoms with E-state index < -0.39 is 0 Å². The van der Waals surface area contributed by atoms with Gasteiger partial charge in [0.15, 0.2) is 5.78 Å². The molecule has 2 aliphatic carbocycles. The summed E-state index contributed by atoms with van der Waals surface area (Å²) in [5, 5.41) is 12.1. The van der Waals surface area contributed by atoms with E-state index in [1.54, 1.807) is 6.07 Å². The molecule has 2 aromatic rings. The van der Waals surface area contributed by atoms with E-state index >= 15 is 0 Å². The number of carbonyl (C=O) groups excluding carboxylic acids is 1. The summed E-state index contributed by atoms with van der Waals surface area (Å²) in [5.74, 6) is 0.921. The van der Waals surface area contributed by atoms with Gasteiger partial charge in [-0.1, -0.05) is 41.1 Å². The van der Waals surface area contributed by atoms with Gasteiger partial charge in [-0.15, -0.1) is 0 Å². The average molecular weight is 424 g/mol. The van der Waals surface area contributed by atoms with Gasteiger partial charge in [-0.05, 0) is 69.1 Å². The van der Waals surface area contributed by atoms with Crippen LogP contribution in [0.5, 0.6) is 5.75 Å². The molecule has 2 nitrogen and oxygen atoms in total. The molecule has 1 fully saturated rings. The molecule has 22 heavy (non-hydrogen) atoms. The van der Waals surface area contributed by atoms with E-state index in [1.165, 1.54) is 16.5 Å². The second-order valence-corrected chi connectivity index (χ2v) is 8.56. The first-order valence-corrected chi connectivity index (χ1v) is 9.25. The number of phenolic OH excluding ortho intramolecular Hbond substituents is 1. The summed E-state index contributed by atoms with van der Waals surface area (Å²) >= 11 is 7.04. The summed E-state index contributed by atoms with van der Waals surface area (Å²) in [5.41, 5.74) is 2.42. The lowest BCUT2D eigenvalue weighted by Crippen LogP contribution is -2.33. The summed E-state index contributed by atoms with van der Waals surface area (Å²) < 4.78 is 0.752. The molecule has 0 aliphatic heterocycles. The summed E-state index contributed by atoms with van der Waals surface area (Å²) in [4.78, 5) is 12.5. The number of fused-ring (bicyclic) bond motifs is 5. The third-order valence-corrected chi connectivity index (χ3v) is 7.21. The zero-order chi connectivity index (χ0) is 15.6. The molecule has 2 aromatic carbocycles.